The van der Waals surface area contributed by atoms with Crippen LogP contribution in [0.3, 0.4) is 0 Å². The highest BCUT2D eigenvalue weighted by Crippen LogP contribution is 2.37. The molecular formula is C19H34ClN3O2S. The van der Waals surface area contributed by atoms with Crippen LogP contribution >= 0.6 is 23.4 Å². The zero-order valence-electron chi connectivity index (χ0n) is 15.8. The van der Waals surface area contributed by atoms with E-state index < -0.39 is 0 Å². The number of thioether (sulfide) groups is 1. The van der Waals surface area contributed by atoms with Gasteiger partial charge in [0.05, 0.1) is 6.10 Å². The Hall–Kier alpha value is 0.440. The molecule has 0 amide bonds. The zero-order valence-corrected chi connectivity index (χ0v) is 17.4. The van der Waals surface area contributed by atoms with E-state index in [2.05, 4.69) is 23.3 Å². The van der Waals surface area contributed by atoms with Crippen LogP contribution in [0.25, 0.3) is 0 Å². The van der Waals surface area contributed by atoms with Crippen molar-refractivity contribution in [2.24, 2.45) is 11.8 Å². The SMILES string of the molecule is CC1ONC(C2CCCCC2)C1C1NNC(CSC2CCC(Cl)CC2)O1. The van der Waals surface area contributed by atoms with Crippen molar-refractivity contribution in [2.75, 3.05) is 5.75 Å². The molecule has 0 spiro atoms. The second-order valence-corrected chi connectivity index (χ2v) is 10.4. The Kier molecular flexibility index (Phi) is 7.06. The van der Waals surface area contributed by atoms with E-state index in [4.69, 9.17) is 21.2 Å². The summed E-state index contributed by atoms with van der Waals surface area (Å²) in [5.41, 5.74) is 10.1. The fourth-order valence-electron chi connectivity index (χ4n) is 5.07. The van der Waals surface area contributed by atoms with Crippen LogP contribution in [0.5, 0.6) is 0 Å². The largest absolute Gasteiger partial charge is 0.341 e. The Morgan fingerprint density at radius 1 is 1.00 bits per heavy atom. The second kappa shape index (κ2) is 9.29. The quantitative estimate of drug-likeness (QED) is 0.610. The molecule has 150 valence electrons. The lowest BCUT2D eigenvalue weighted by Crippen LogP contribution is -2.47. The van der Waals surface area contributed by atoms with Gasteiger partial charge in [-0.3, -0.25) is 4.84 Å². The second-order valence-electron chi connectivity index (χ2n) is 8.48. The minimum atomic E-state index is 0.0242. The van der Waals surface area contributed by atoms with Gasteiger partial charge in [-0.05, 0) is 51.4 Å². The van der Waals surface area contributed by atoms with E-state index in [9.17, 15) is 0 Å². The number of hydroxylamine groups is 1. The molecule has 2 aliphatic heterocycles. The van der Waals surface area contributed by atoms with Gasteiger partial charge in [-0.15, -0.1) is 11.6 Å². The molecule has 0 aromatic rings. The van der Waals surface area contributed by atoms with Crippen molar-refractivity contribution in [3.8, 4) is 0 Å². The molecule has 5 atom stereocenters. The molecule has 2 aliphatic carbocycles. The summed E-state index contributed by atoms with van der Waals surface area (Å²) in [6.07, 6.45) is 11.8. The van der Waals surface area contributed by atoms with Crippen molar-refractivity contribution >= 4 is 23.4 Å². The van der Waals surface area contributed by atoms with Crippen molar-refractivity contribution in [2.45, 2.75) is 99.9 Å². The molecule has 26 heavy (non-hydrogen) atoms. The molecule has 2 saturated heterocycles. The van der Waals surface area contributed by atoms with E-state index >= 15 is 0 Å². The monoisotopic (exact) mass is 403 g/mol. The molecule has 4 aliphatic rings. The van der Waals surface area contributed by atoms with E-state index in [1.54, 1.807) is 0 Å². The molecule has 0 aromatic heterocycles. The molecule has 2 saturated carbocycles. The van der Waals surface area contributed by atoms with E-state index in [1.807, 2.05) is 11.8 Å². The first-order valence-electron chi connectivity index (χ1n) is 10.5. The molecule has 5 nitrogen and oxygen atoms in total. The van der Waals surface area contributed by atoms with Crippen LogP contribution < -0.4 is 16.3 Å². The van der Waals surface area contributed by atoms with Crippen LogP contribution in [0.4, 0.5) is 0 Å². The molecule has 7 heteroatoms. The molecule has 0 radical (unpaired) electrons. The zero-order chi connectivity index (χ0) is 17.9. The van der Waals surface area contributed by atoms with Gasteiger partial charge >= 0.3 is 0 Å². The topological polar surface area (TPSA) is 54.5 Å². The fraction of sp³-hybridized carbons (Fsp3) is 1.00. The maximum absolute atomic E-state index is 6.36. The lowest BCUT2D eigenvalue weighted by Gasteiger charge is -2.33. The molecule has 3 N–H and O–H groups in total. The molecule has 4 rings (SSSR count). The van der Waals surface area contributed by atoms with Crippen LogP contribution in [-0.4, -0.2) is 41.0 Å². The van der Waals surface area contributed by atoms with Crippen molar-refractivity contribution in [3.05, 3.63) is 0 Å². The van der Waals surface area contributed by atoms with Crippen LogP contribution in [0.2, 0.25) is 0 Å². The molecule has 5 unspecified atom stereocenters. The van der Waals surface area contributed by atoms with E-state index in [1.165, 1.54) is 44.9 Å². The summed E-state index contributed by atoms with van der Waals surface area (Å²) in [6.45, 7) is 2.16. The van der Waals surface area contributed by atoms with Crippen molar-refractivity contribution in [3.63, 3.8) is 0 Å². The van der Waals surface area contributed by atoms with Gasteiger partial charge in [0.15, 0.2) is 0 Å². The van der Waals surface area contributed by atoms with E-state index in [-0.39, 0.29) is 18.6 Å². The van der Waals surface area contributed by atoms with Crippen LogP contribution in [-0.2, 0) is 9.57 Å². The summed E-state index contributed by atoms with van der Waals surface area (Å²) in [4.78, 5) is 5.83. The number of hydrogen-bond acceptors (Lipinski definition) is 6. The molecule has 0 aromatic carbocycles. The van der Waals surface area contributed by atoms with Crippen LogP contribution in [0, 0.1) is 11.8 Å². The highest BCUT2D eigenvalue weighted by molar-refractivity contribution is 7.99. The summed E-state index contributed by atoms with van der Waals surface area (Å²) in [5.74, 6) is 2.06. The third kappa shape index (κ3) is 4.70. The summed E-state index contributed by atoms with van der Waals surface area (Å²) in [5, 5.41) is 1.13. The number of halogens is 1. The highest BCUT2D eigenvalue weighted by atomic mass is 35.5. The minimum Gasteiger partial charge on any atom is -0.341 e. The van der Waals surface area contributed by atoms with Gasteiger partial charge in [0.2, 0.25) is 0 Å². The number of ether oxygens (including phenoxy) is 1. The van der Waals surface area contributed by atoms with E-state index in [0.717, 1.165) is 23.8 Å². The Labute approximate surface area is 167 Å². The van der Waals surface area contributed by atoms with Crippen LogP contribution in [0.1, 0.15) is 64.7 Å². The van der Waals surface area contributed by atoms with Gasteiger partial charge < -0.3 is 4.74 Å². The fourth-order valence-corrected chi connectivity index (χ4v) is 6.54. The Morgan fingerprint density at radius 3 is 2.54 bits per heavy atom. The van der Waals surface area contributed by atoms with Gasteiger partial charge in [0.1, 0.15) is 12.5 Å². The summed E-state index contributed by atoms with van der Waals surface area (Å²) < 4.78 is 6.36. The first kappa shape index (κ1) is 19.7. The van der Waals surface area contributed by atoms with E-state index in [0.29, 0.717) is 23.3 Å². The summed E-state index contributed by atoms with van der Waals surface area (Å²) in [6, 6.07) is 0.398. The maximum Gasteiger partial charge on any atom is 0.131 e. The molecule has 4 fully saturated rings. The third-order valence-electron chi connectivity index (χ3n) is 6.64. The van der Waals surface area contributed by atoms with Gasteiger partial charge in [-0.1, -0.05) is 19.3 Å². The number of alkyl halides is 1. The predicted molar refractivity (Wildman–Crippen MR) is 107 cm³/mol. The van der Waals surface area contributed by atoms with Gasteiger partial charge in [-0.2, -0.15) is 17.2 Å². The molecular weight excluding hydrogens is 370 g/mol. The average molecular weight is 404 g/mol. The first-order valence-corrected chi connectivity index (χ1v) is 12.0. The Morgan fingerprint density at radius 2 is 1.77 bits per heavy atom. The number of hydrazine groups is 1. The summed E-state index contributed by atoms with van der Waals surface area (Å²) >= 11 is 8.26. The predicted octanol–water partition coefficient (Wildman–Crippen LogP) is 3.53. The Balaban J connectivity index is 1.26. The highest BCUT2D eigenvalue weighted by Gasteiger charge is 2.47. The number of rotatable bonds is 5. The summed E-state index contributed by atoms with van der Waals surface area (Å²) in [7, 11) is 0. The molecule has 2 heterocycles. The van der Waals surface area contributed by atoms with Crippen molar-refractivity contribution in [1.82, 2.24) is 16.3 Å². The maximum atomic E-state index is 6.36. The van der Waals surface area contributed by atoms with Gasteiger partial charge in [0, 0.05) is 28.3 Å². The number of hydrogen-bond donors (Lipinski definition) is 3. The average Bonchev–Trinajstić information content (AvgIpc) is 3.28. The first-order chi connectivity index (χ1) is 12.7. The normalized spacial score (nSPS) is 45.2. The van der Waals surface area contributed by atoms with Crippen molar-refractivity contribution < 1.29 is 9.57 Å². The standard InChI is InChI=1S/C19H34ClN3O2S/c1-12-17(18(23-25-12)13-5-3-2-4-6-13)19-22-21-16(24-19)11-26-15-9-7-14(20)8-10-15/h12-19,21-23H,2-11H2,1H3. The molecule has 0 bridgehead atoms. The smallest absolute Gasteiger partial charge is 0.131 e. The third-order valence-corrected chi connectivity index (χ3v) is 8.51. The van der Waals surface area contributed by atoms with Gasteiger partial charge in [0.25, 0.3) is 0 Å². The minimum absolute atomic E-state index is 0.0242. The lowest BCUT2D eigenvalue weighted by atomic mass is 9.77. The van der Waals surface area contributed by atoms with Crippen LogP contribution in [0.15, 0.2) is 0 Å². The van der Waals surface area contributed by atoms with Crippen molar-refractivity contribution in [1.29, 1.82) is 0 Å². The van der Waals surface area contributed by atoms with Gasteiger partial charge in [-0.25, -0.2) is 10.9 Å². The number of nitrogens with one attached hydrogen (secondary N) is 3. The lowest BCUT2D eigenvalue weighted by molar-refractivity contribution is -0.0228. The Bertz CT molecular complexity index is 447.